The minimum atomic E-state index is -1.66. The summed E-state index contributed by atoms with van der Waals surface area (Å²) in [6.07, 6.45) is 17.0. The van der Waals surface area contributed by atoms with Crippen molar-refractivity contribution in [3.8, 4) is 0 Å². The first-order valence-electron chi connectivity index (χ1n) is 12.6. The standard InChI is InChI=1S/C26H43FO5/c1-2-3-8-14-23(28)26(25(29)30,32-24-15-10-12-19-31-24)22-17-16-21(20-22)13-9-6-4-5-7-11-18-27/h3,8-9,13,21-24,28H,2,4-7,10-12,14-20H2,1H3,(H,29,30)/b8-3?,13-9+/t21-,22+,23-,24?,26+/m1/s1. The van der Waals surface area contributed by atoms with E-state index in [1.54, 1.807) is 0 Å². The summed E-state index contributed by atoms with van der Waals surface area (Å²) in [4.78, 5) is 12.6. The van der Waals surface area contributed by atoms with Gasteiger partial charge in [0.25, 0.3) is 0 Å². The number of carboxylic acid groups (broad SMARTS) is 1. The second kappa shape index (κ2) is 14.8. The average molecular weight is 455 g/mol. The number of unbranched alkanes of at least 4 members (excludes halogenated alkanes) is 4. The number of carbonyl (C=O) groups is 1. The summed E-state index contributed by atoms with van der Waals surface area (Å²) in [6.45, 7) is 2.33. The molecule has 1 aliphatic carbocycles. The minimum Gasteiger partial charge on any atom is -0.479 e. The predicted octanol–water partition coefficient (Wildman–Crippen LogP) is 5.96. The van der Waals surface area contributed by atoms with Gasteiger partial charge >= 0.3 is 5.97 Å². The molecule has 1 heterocycles. The van der Waals surface area contributed by atoms with Crippen LogP contribution in [0.3, 0.4) is 0 Å². The van der Waals surface area contributed by atoms with Crippen molar-refractivity contribution in [3.05, 3.63) is 24.3 Å². The van der Waals surface area contributed by atoms with E-state index in [1.165, 1.54) is 0 Å². The predicted molar refractivity (Wildman–Crippen MR) is 124 cm³/mol. The second-order valence-corrected chi connectivity index (χ2v) is 9.23. The number of carboxylic acids is 1. The Balaban J connectivity index is 2.05. The fourth-order valence-electron chi connectivity index (χ4n) is 4.98. The molecule has 1 unspecified atom stereocenters. The van der Waals surface area contributed by atoms with Gasteiger partial charge in [-0.3, -0.25) is 4.39 Å². The third-order valence-electron chi connectivity index (χ3n) is 6.80. The van der Waals surface area contributed by atoms with Crippen molar-refractivity contribution in [2.75, 3.05) is 13.3 Å². The smallest absolute Gasteiger partial charge is 0.339 e. The van der Waals surface area contributed by atoms with E-state index in [0.29, 0.717) is 38.2 Å². The second-order valence-electron chi connectivity index (χ2n) is 9.23. The maximum atomic E-state index is 12.6. The number of hydrogen-bond acceptors (Lipinski definition) is 4. The van der Waals surface area contributed by atoms with E-state index in [9.17, 15) is 19.4 Å². The molecule has 32 heavy (non-hydrogen) atoms. The molecular formula is C26H43FO5. The van der Waals surface area contributed by atoms with Crippen LogP contribution in [0.2, 0.25) is 0 Å². The number of aliphatic hydroxyl groups is 1. The van der Waals surface area contributed by atoms with Crippen LogP contribution in [0.25, 0.3) is 0 Å². The zero-order valence-electron chi connectivity index (χ0n) is 19.7. The maximum Gasteiger partial charge on any atom is 0.339 e. The number of hydrogen-bond donors (Lipinski definition) is 2. The molecule has 1 aliphatic heterocycles. The van der Waals surface area contributed by atoms with Crippen LogP contribution in [0.5, 0.6) is 0 Å². The number of ether oxygens (including phenoxy) is 2. The van der Waals surface area contributed by atoms with E-state index in [0.717, 1.165) is 51.4 Å². The van der Waals surface area contributed by atoms with Gasteiger partial charge in [0.05, 0.1) is 12.8 Å². The van der Waals surface area contributed by atoms with Gasteiger partial charge in [0, 0.05) is 12.5 Å². The van der Waals surface area contributed by atoms with Gasteiger partial charge in [-0.25, -0.2) is 4.79 Å². The molecule has 2 rings (SSSR count). The van der Waals surface area contributed by atoms with Gasteiger partial charge in [-0.2, -0.15) is 0 Å². The van der Waals surface area contributed by atoms with Crippen molar-refractivity contribution < 1.29 is 28.9 Å². The molecule has 5 atom stereocenters. The van der Waals surface area contributed by atoms with Crippen LogP contribution in [0.1, 0.15) is 90.4 Å². The zero-order valence-corrected chi connectivity index (χ0v) is 19.7. The first kappa shape index (κ1) is 27.0. The molecule has 0 amide bonds. The number of halogens is 1. The molecular weight excluding hydrogens is 411 g/mol. The number of rotatable bonds is 15. The fourth-order valence-corrected chi connectivity index (χ4v) is 4.98. The molecule has 0 radical (unpaired) electrons. The topological polar surface area (TPSA) is 76.0 Å². The highest BCUT2D eigenvalue weighted by Gasteiger charge is 2.55. The Bertz CT molecular complexity index is 587. The van der Waals surface area contributed by atoms with Gasteiger partial charge in [-0.05, 0) is 76.5 Å². The Morgan fingerprint density at radius 2 is 1.97 bits per heavy atom. The van der Waals surface area contributed by atoms with E-state index >= 15 is 0 Å². The average Bonchev–Trinajstić information content (AvgIpc) is 3.26. The van der Waals surface area contributed by atoms with Crippen LogP contribution < -0.4 is 0 Å². The molecule has 6 heteroatoms. The third-order valence-corrected chi connectivity index (χ3v) is 6.80. The van der Waals surface area contributed by atoms with Gasteiger partial charge in [-0.1, -0.05) is 44.1 Å². The lowest BCUT2D eigenvalue weighted by molar-refractivity contribution is -0.266. The Hall–Kier alpha value is -1.24. The number of alkyl halides is 1. The lowest BCUT2D eigenvalue weighted by atomic mass is 9.79. The monoisotopic (exact) mass is 454 g/mol. The van der Waals surface area contributed by atoms with E-state index in [1.807, 2.05) is 19.1 Å². The lowest BCUT2D eigenvalue weighted by Crippen LogP contribution is -2.58. The number of aliphatic hydroxyl groups excluding tert-OH is 1. The molecule has 5 nitrogen and oxygen atoms in total. The van der Waals surface area contributed by atoms with Crippen LogP contribution in [0.4, 0.5) is 4.39 Å². The van der Waals surface area contributed by atoms with Crippen molar-refractivity contribution in [1.29, 1.82) is 0 Å². The van der Waals surface area contributed by atoms with E-state index in [4.69, 9.17) is 9.47 Å². The van der Waals surface area contributed by atoms with Crippen LogP contribution in [-0.2, 0) is 14.3 Å². The normalized spacial score (nSPS) is 27.2. The zero-order chi connectivity index (χ0) is 23.2. The van der Waals surface area contributed by atoms with Crippen LogP contribution in [-0.4, -0.2) is 47.5 Å². The molecule has 2 fully saturated rings. The van der Waals surface area contributed by atoms with Crippen molar-refractivity contribution in [2.45, 2.75) is 108 Å². The summed E-state index contributed by atoms with van der Waals surface area (Å²) >= 11 is 0. The highest BCUT2D eigenvalue weighted by molar-refractivity contribution is 5.79. The summed E-state index contributed by atoms with van der Waals surface area (Å²) in [5, 5.41) is 21.4. The highest BCUT2D eigenvalue weighted by Crippen LogP contribution is 2.44. The minimum absolute atomic E-state index is 0.237. The summed E-state index contributed by atoms with van der Waals surface area (Å²) in [5.74, 6) is -1.07. The molecule has 0 aromatic carbocycles. The molecule has 0 aromatic rings. The summed E-state index contributed by atoms with van der Waals surface area (Å²) in [5.41, 5.74) is -1.66. The highest BCUT2D eigenvalue weighted by atomic mass is 19.1. The van der Waals surface area contributed by atoms with Gasteiger partial charge < -0.3 is 19.7 Å². The molecule has 2 N–H and O–H groups in total. The summed E-state index contributed by atoms with van der Waals surface area (Å²) in [7, 11) is 0. The van der Waals surface area contributed by atoms with Gasteiger partial charge in [0.15, 0.2) is 11.9 Å². The van der Waals surface area contributed by atoms with Crippen molar-refractivity contribution >= 4 is 5.97 Å². The fraction of sp³-hybridized carbons (Fsp3) is 0.808. The first-order chi connectivity index (χ1) is 15.5. The third kappa shape index (κ3) is 7.96. The first-order valence-corrected chi connectivity index (χ1v) is 12.6. The Morgan fingerprint density at radius 3 is 2.66 bits per heavy atom. The van der Waals surface area contributed by atoms with Gasteiger partial charge in [0.2, 0.25) is 0 Å². The molecule has 0 spiro atoms. The molecule has 2 aliphatic rings. The molecule has 1 saturated carbocycles. The van der Waals surface area contributed by atoms with Crippen molar-refractivity contribution in [1.82, 2.24) is 0 Å². The molecule has 0 aromatic heterocycles. The van der Waals surface area contributed by atoms with Crippen molar-refractivity contribution in [3.63, 3.8) is 0 Å². The maximum absolute atomic E-state index is 12.6. The van der Waals surface area contributed by atoms with Crippen LogP contribution in [0.15, 0.2) is 24.3 Å². The largest absolute Gasteiger partial charge is 0.479 e. The summed E-state index contributed by atoms with van der Waals surface area (Å²) < 4.78 is 24.1. The van der Waals surface area contributed by atoms with Crippen LogP contribution >= 0.6 is 0 Å². The Kier molecular flexibility index (Phi) is 12.5. The lowest BCUT2D eigenvalue weighted by Gasteiger charge is -2.41. The Morgan fingerprint density at radius 1 is 1.16 bits per heavy atom. The van der Waals surface area contributed by atoms with E-state index in [-0.39, 0.29) is 19.0 Å². The quantitative estimate of drug-likeness (QED) is 0.236. The molecule has 1 saturated heterocycles. The van der Waals surface area contributed by atoms with Crippen molar-refractivity contribution in [2.24, 2.45) is 11.8 Å². The molecule has 0 bridgehead atoms. The summed E-state index contributed by atoms with van der Waals surface area (Å²) in [6, 6.07) is 0. The number of aliphatic carboxylic acids is 1. The number of allylic oxidation sites excluding steroid dienone is 3. The van der Waals surface area contributed by atoms with Gasteiger partial charge in [0.1, 0.15) is 0 Å². The SMILES string of the molecule is CCC=CC[C@@H](O)[C@](OC1CCCCO1)(C(=O)O)[C@H]1CC[C@@H](/C=C/CCCCCCF)C1. The van der Waals surface area contributed by atoms with E-state index < -0.39 is 24.0 Å². The Labute approximate surface area is 193 Å². The van der Waals surface area contributed by atoms with Crippen LogP contribution in [0, 0.1) is 11.8 Å². The molecule has 184 valence electrons. The van der Waals surface area contributed by atoms with E-state index in [2.05, 4.69) is 12.2 Å². The van der Waals surface area contributed by atoms with Gasteiger partial charge in [-0.15, -0.1) is 0 Å².